The summed E-state index contributed by atoms with van der Waals surface area (Å²) >= 11 is 0. The minimum absolute atomic E-state index is 0.156. The number of hydrogen-bond acceptors (Lipinski definition) is 3. The SMILES string of the molecule is Cc1occc1C(=O)Nc1ccnn1C(C)C1CC1. The Kier molecular flexibility index (Phi) is 2.89. The Morgan fingerprint density at radius 3 is 2.95 bits per heavy atom. The van der Waals surface area contributed by atoms with Crippen molar-refractivity contribution in [3.8, 4) is 0 Å². The van der Waals surface area contributed by atoms with Crippen LogP contribution in [0.2, 0.25) is 0 Å². The number of nitrogens with zero attached hydrogens (tertiary/aromatic N) is 2. The molecule has 1 aliphatic carbocycles. The van der Waals surface area contributed by atoms with Gasteiger partial charge in [0.1, 0.15) is 11.6 Å². The third-order valence-corrected chi connectivity index (χ3v) is 3.71. The van der Waals surface area contributed by atoms with Crippen LogP contribution in [0.1, 0.15) is 41.9 Å². The van der Waals surface area contributed by atoms with E-state index in [4.69, 9.17) is 4.42 Å². The average Bonchev–Trinajstić information content (AvgIpc) is 3.00. The minimum Gasteiger partial charge on any atom is -0.469 e. The minimum atomic E-state index is -0.156. The average molecular weight is 259 g/mol. The molecule has 2 aromatic rings. The fourth-order valence-corrected chi connectivity index (χ4v) is 2.32. The number of hydrogen-bond donors (Lipinski definition) is 1. The summed E-state index contributed by atoms with van der Waals surface area (Å²) in [5.74, 6) is 1.89. The van der Waals surface area contributed by atoms with Crippen molar-refractivity contribution >= 4 is 11.7 Å². The number of furan rings is 1. The number of carbonyl (C=O) groups excluding carboxylic acids is 1. The Labute approximate surface area is 111 Å². The Bertz CT molecular complexity index is 595. The molecule has 0 aromatic carbocycles. The van der Waals surface area contributed by atoms with Gasteiger partial charge in [-0.3, -0.25) is 4.79 Å². The smallest absolute Gasteiger partial charge is 0.260 e. The molecule has 1 N–H and O–H groups in total. The highest BCUT2D eigenvalue weighted by Gasteiger charge is 2.30. The van der Waals surface area contributed by atoms with Gasteiger partial charge in [0.2, 0.25) is 0 Å². The van der Waals surface area contributed by atoms with Crippen molar-refractivity contribution < 1.29 is 9.21 Å². The van der Waals surface area contributed by atoms with Crippen LogP contribution < -0.4 is 5.32 Å². The van der Waals surface area contributed by atoms with E-state index in [1.165, 1.54) is 19.1 Å². The van der Waals surface area contributed by atoms with Crippen molar-refractivity contribution in [2.24, 2.45) is 5.92 Å². The number of nitrogens with one attached hydrogen (secondary N) is 1. The lowest BCUT2D eigenvalue weighted by molar-refractivity contribution is 0.102. The molecule has 1 unspecified atom stereocenters. The van der Waals surface area contributed by atoms with Gasteiger partial charge in [-0.05, 0) is 38.7 Å². The van der Waals surface area contributed by atoms with Crippen LogP contribution in [-0.4, -0.2) is 15.7 Å². The van der Waals surface area contributed by atoms with Gasteiger partial charge in [0.15, 0.2) is 0 Å². The number of aromatic nitrogens is 2. The van der Waals surface area contributed by atoms with E-state index >= 15 is 0 Å². The molecule has 1 atom stereocenters. The number of carbonyl (C=O) groups is 1. The zero-order valence-corrected chi connectivity index (χ0v) is 11.1. The highest BCUT2D eigenvalue weighted by atomic mass is 16.3. The monoisotopic (exact) mass is 259 g/mol. The van der Waals surface area contributed by atoms with Crippen LogP contribution in [0.5, 0.6) is 0 Å². The molecule has 0 spiro atoms. The van der Waals surface area contributed by atoms with Crippen LogP contribution in [-0.2, 0) is 0 Å². The fraction of sp³-hybridized carbons (Fsp3) is 0.429. The van der Waals surface area contributed by atoms with Crippen LogP contribution in [0.15, 0.2) is 29.0 Å². The first-order valence-corrected chi connectivity index (χ1v) is 6.56. The van der Waals surface area contributed by atoms with E-state index in [-0.39, 0.29) is 5.91 Å². The van der Waals surface area contributed by atoms with Crippen molar-refractivity contribution in [1.29, 1.82) is 0 Å². The van der Waals surface area contributed by atoms with Crippen molar-refractivity contribution in [2.75, 3.05) is 5.32 Å². The predicted molar refractivity (Wildman–Crippen MR) is 71.1 cm³/mol. The quantitative estimate of drug-likeness (QED) is 0.918. The van der Waals surface area contributed by atoms with E-state index in [0.717, 1.165) is 5.82 Å². The summed E-state index contributed by atoms with van der Waals surface area (Å²) in [7, 11) is 0. The van der Waals surface area contributed by atoms with E-state index in [0.29, 0.717) is 23.3 Å². The second-order valence-corrected chi connectivity index (χ2v) is 5.08. The number of rotatable bonds is 4. The number of aryl methyl sites for hydroxylation is 1. The highest BCUT2D eigenvalue weighted by Crippen LogP contribution is 2.40. The van der Waals surface area contributed by atoms with Crippen LogP contribution >= 0.6 is 0 Å². The normalized spacial score (nSPS) is 16.3. The van der Waals surface area contributed by atoms with Gasteiger partial charge in [0, 0.05) is 6.07 Å². The summed E-state index contributed by atoms with van der Waals surface area (Å²) in [6.07, 6.45) is 5.73. The zero-order valence-electron chi connectivity index (χ0n) is 11.1. The molecule has 100 valence electrons. The lowest BCUT2D eigenvalue weighted by Crippen LogP contribution is -2.18. The molecule has 19 heavy (non-hydrogen) atoms. The lowest BCUT2D eigenvalue weighted by atomic mass is 10.2. The fourth-order valence-electron chi connectivity index (χ4n) is 2.32. The molecule has 5 nitrogen and oxygen atoms in total. The van der Waals surface area contributed by atoms with Gasteiger partial charge >= 0.3 is 0 Å². The van der Waals surface area contributed by atoms with Gasteiger partial charge in [-0.2, -0.15) is 5.10 Å². The second-order valence-electron chi connectivity index (χ2n) is 5.08. The first-order chi connectivity index (χ1) is 9.16. The van der Waals surface area contributed by atoms with Crippen molar-refractivity contribution in [3.63, 3.8) is 0 Å². The third kappa shape index (κ3) is 2.28. The molecule has 0 bridgehead atoms. The van der Waals surface area contributed by atoms with Gasteiger partial charge in [0.05, 0.1) is 24.1 Å². The Morgan fingerprint density at radius 1 is 1.53 bits per heavy atom. The first-order valence-electron chi connectivity index (χ1n) is 6.56. The van der Waals surface area contributed by atoms with Gasteiger partial charge in [-0.15, -0.1) is 0 Å². The van der Waals surface area contributed by atoms with E-state index in [9.17, 15) is 4.79 Å². The number of amides is 1. The summed E-state index contributed by atoms with van der Waals surface area (Å²) in [4.78, 5) is 12.1. The van der Waals surface area contributed by atoms with Gasteiger partial charge < -0.3 is 9.73 Å². The maximum atomic E-state index is 12.1. The molecule has 1 saturated carbocycles. The van der Waals surface area contributed by atoms with E-state index < -0.39 is 0 Å². The molecule has 1 aliphatic rings. The molecule has 0 saturated heterocycles. The van der Waals surface area contributed by atoms with Crippen molar-refractivity contribution in [2.45, 2.75) is 32.7 Å². The largest absolute Gasteiger partial charge is 0.469 e. The first kappa shape index (κ1) is 12.0. The highest BCUT2D eigenvalue weighted by molar-refractivity contribution is 6.04. The summed E-state index contributed by atoms with van der Waals surface area (Å²) in [6.45, 7) is 3.92. The molecule has 2 aromatic heterocycles. The summed E-state index contributed by atoms with van der Waals surface area (Å²) < 4.78 is 7.04. The molecule has 1 amide bonds. The van der Waals surface area contributed by atoms with Crippen LogP contribution in [0.4, 0.5) is 5.82 Å². The maximum absolute atomic E-state index is 12.1. The van der Waals surface area contributed by atoms with Crippen LogP contribution in [0.3, 0.4) is 0 Å². The van der Waals surface area contributed by atoms with Crippen LogP contribution in [0.25, 0.3) is 0 Å². The lowest BCUT2D eigenvalue weighted by Gasteiger charge is -2.15. The van der Waals surface area contributed by atoms with Crippen molar-refractivity contribution in [1.82, 2.24) is 9.78 Å². The molecule has 0 aliphatic heterocycles. The van der Waals surface area contributed by atoms with E-state index in [2.05, 4.69) is 17.3 Å². The molecule has 3 rings (SSSR count). The van der Waals surface area contributed by atoms with Gasteiger partial charge in [-0.1, -0.05) is 0 Å². The second kappa shape index (κ2) is 4.57. The van der Waals surface area contributed by atoms with Gasteiger partial charge in [0.25, 0.3) is 5.91 Å². The van der Waals surface area contributed by atoms with E-state index in [1.54, 1.807) is 19.2 Å². The molecular weight excluding hydrogens is 242 g/mol. The summed E-state index contributed by atoms with van der Waals surface area (Å²) in [6, 6.07) is 3.83. The Balaban J connectivity index is 1.78. The molecule has 2 heterocycles. The summed E-state index contributed by atoms with van der Waals surface area (Å²) in [5.41, 5.74) is 0.562. The molecular formula is C14H17N3O2. The van der Waals surface area contributed by atoms with Crippen LogP contribution in [0, 0.1) is 12.8 Å². The van der Waals surface area contributed by atoms with E-state index in [1.807, 2.05) is 10.7 Å². The predicted octanol–water partition coefficient (Wildman–Crippen LogP) is 3.01. The van der Waals surface area contributed by atoms with Gasteiger partial charge in [-0.25, -0.2) is 4.68 Å². The number of anilines is 1. The Hall–Kier alpha value is -2.04. The zero-order chi connectivity index (χ0) is 13.4. The summed E-state index contributed by atoms with van der Waals surface area (Å²) in [5, 5.41) is 7.21. The maximum Gasteiger partial charge on any atom is 0.260 e. The topological polar surface area (TPSA) is 60.1 Å². The van der Waals surface area contributed by atoms with Crippen molar-refractivity contribution in [3.05, 3.63) is 35.9 Å². The standard InChI is InChI=1S/C14H17N3O2/c1-9(11-3-4-11)17-13(5-7-15-17)16-14(18)12-6-8-19-10(12)2/h5-9,11H,3-4H2,1-2H3,(H,16,18). The third-order valence-electron chi connectivity index (χ3n) is 3.71. The molecule has 5 heteroatoms. The Morgan fingerprint density at radius 2 is 2.32 bits per heavy atom. The molecule has 0 radical (unpaired) electrons. The molecule has 1 fully saturated rings.